The lowest BCUT2D eigenvalue weighted by atomic mass is 10.1. The highest BCUT2D eigenvalue weighted by molar-refractivity contribution is 5.92. The van der Waals surface area contributed by atoms with E-state index >= 15 is 0 Å². The molecule has 1 aromatic carbocycles. The number of rotatable bonds is 6. The van der Waals surface area contributed by atoms with E-state index in [4.69, 9.17) is 5.73 Å². The SMILES string of the molecule is CCc1ccc(NC(=O)CN(C)CCN)cc1. The van der Waals surface area contributed by atoms with Gasteiger partial charge in [-0.2, -0.15) is 0 Å². The van der Waals surface area contributed by atoms with Crippen LogP contribution in [0.1, 0.15) is 12.5 Å². The maximum absolute atomic E-state index is 11.7. The van der Waals surface area contributed by atoms with Gasteiger partial charge < -0.3 is 11.1 Å². The van der Waals surface area contributed by atoms with Gasteiger partial charge in [-0.05, 0) is 31.2 Å². The largest absolute Gasteiger partial charge is 0.329 e. The van der Waals surface area contributed by atoms with E-state index < -0.39 is 0 Å². The predicted molar refractivity (Wildman–Crippen MR) is 71.0 cm³/mol. The number of likely N-dealkylation sites (N-methyl/N-ethyl adjacent to an activating group) is 1. The number of nitrogens with two attached hydrogens (primary N) is 1. The number of benzene rings is 1. The van der Waals surface area contributed by atoms with Crippen molar-refractivity contribution < 1.29 is 4.79 Å². The van der Waals surface area contributed by atoms with Crippen LogP contribution in [-0.4, -0.2) is 37.5 Å². The molecular formula is C13H21N3O. The molecule has 3 N–H and O–H groups in total. The summed E-state index contributed by atoms with van der Waals surface area (Å²) in [6.45, 7) is 3.76. The van der Waals surface area contributed by atoms with E-state index in [0.717, 1.165) is 18.7 Å². The third kappa shape index (κ3) is 4.97. The summed E-state index contributed by atoms with van der Waals surface area (Å²) in [6.07, 6.45) is 1.01. The zero-order valence-electron chi connectivity index (χ0n) is 10.6. The average Bonchev–Trinajstić information content (AvgIpc) is 2.30. The number of aryl methyl sites for hydroxylation is 1. The molecule has 4 nitrogen and oxygen atoms in total. The van der Waals surface area contributed by atoms with Gasteiger partial charge in [-0.3, -0.25) is 9.69 Å². The van der Waals surface area contributed by atoms with Crippen molar-refractivity contribution in [2.24, 2.45) is 5.73 Å². The van der Waals surface area contributed by atoms with Crippen molar-refractivity contribution in [2.45, 2.75) is 13.3 Å². The van der Waals surface area contributed by atoms with Gasteiger partial charge in [-0.25, -0.2) is 0 Å². The lowest BCUT2D eigenvalue weighted by molar-refractivity contribution is -0.117. The molecule has 1 rings (SSSR count). The molecule has 0 spiro atoms. The number of nitrogens with one attached hydrogen (secondary N) is 1. The van der Waals surface area contributed by atoms with Crippen molar-refractivity contribution in [1.29, 1.82) is 0 Å². The summed E-state index contributed by atoms with van der Waals surface area (Å²) in [7, 11) is 1.88. The summed E-state index contributed by atoms with van der Waals surface area (Å²) < 4.78 is 0. The molecule has 1 amide bonds. The van der Waals surface area contributed by atoms with Crippen molar-refractivity contribution in [3.05, 3.63) is 29.8 Å². The molecule has 0 heterocycles. The van der Waals surface area contributed by atoms with Crippen LogP contribution in [0.25, 0.3) is 0 Å². The molecule has 0 aliphatic rings. The van der Waals surface area contributed by atoms with Gasteiger partial charge in [0, 0.05) is 18.8 Å². The quantitative estimate of drug-likeness (QED) is 0.775. The minimum Gasteiger partial charge on any atom is -0.329 e. The van der Waals surface area contributed by atoms with Crippen LogP contribution in [-0.2, 0) is 11.2 Å². The molecule has 0 aliphatic carbocycles. The van der Waals surface area contributed by atoms with Crippen molar-refractivity contribution in [3.63, 3.8) is 0 Å². The number of anilines is 1. The lowest BCUT2D eigenvalue weighted by Gasteiger charge is -2.14. The van der Waals surface area contributed by atoms with E-state index in [1.54, 1.807) is 0 Å². The topological polar surface area (TPSA) is 58.4 Å². The first-order valence-corrected chi connectivity index (χ1v) is 5.93. The summed E-state index contributed by atoms with van der Waals surface area (Å²) in [4.78, 5) is 13.6. The van der Waals surface area contributed by atoms with Gasteiger partial charge in [0.15, 0.2) is 0 Å². The van der Waals surface area contributed by atoms with Crippen molar-refractivity contribution in [2.75, 3.05) is 32.0 Å². The lowest BCUT2D eigenvalue weighted by Crippen LogP contribution is -2.33. The molecule has 0 saturated heterocycles. The second-order valence-corrected chi connectivity index (χ2v) is 4.13. The number of carbonyl (C=O) groups is 1. The van der Waals surface area contributed by atoms with Gasteiger partial charge in [0.1, 0.15) is 0 Å². The highest BCUT2D eigenvalue weighted by Crippen LogP contribution is 2.09. The number of hydrogen-bond donors (Lipinski definition) is 2. The van der Waals surface area contributed by atoms with Crippen molar-refractivity contribution >= 4 is 11.6 Å². The van der Waals surface area contributed by atoms with Crippen LogP contribution in [0.5, 0.6) is 0 Å². The Morgan fingerprint density at radius 1 is 1.35 bits per heavy atom. The fourth-order valence-electron chi connectivity index (χ4n) is 1.57. The molecule has 94 valence electrons. The van der Waals surface area contributed by atoms with Gasteiger partial charge in [-0.1, -0.05) is 19.1 Å². The Balaban J connectivity index is 2.44. The number of nitrogens with zero attached hydrogens (tertiary/aromatic N) is 1. The van der Waals surface area contributed by atoms with Gasteiger partial charge in [0.2, 0.25) is 5.91 Å². The van der Waals surface area contributed by atoms with E-state index in [2.05, 4.69) is 12.2 Å². The molecule has 0 aromatic heterocycles. The maximum Gasteiger partial charge on any atom is 0.238 e. The zero-order valence-corrected chi connectivity index (χ0v) is 10.6. The minimum absolute atomic E-state index is 0.00908. The van der Waals surface area contributed by atoms with E-state index in [9.17, 15) is 4.79 Å². The van der Waals surface area contributed by atoms with Crippen LogP contribution in [0.15, 0.2) is 24.3 Å². The third-order valence-corrected chi connectivity index (χ3v) is 2.57. The summed E-state index contributed by atoms with van der Waals surface area (Å²) in [5, 5.41) is 2.86. The van der Waals surface area contributed by atoms with Gasteiger partial charge in [0.25, 0.3) is 0 Å². The fraction of sp³-hybridized carbons (Fsp3) is 0.462. The Kier molecular flexibility index (Phi) is 5.66. The third-order valence-electron chi connectivity index (χ3n) is 2.57. The Bertz CT molecular complexity index is 348. The monoisotopic (exact) mass is 235 g/mol. The average molecular weight is 235 g/mol. The summed E-state index contributed by atoms with van der Waals surface area (Å²) >= 11 is 0. The molecule has 4 heteroatoms. The van der Waals surface area contributed by atoms with E-state index in [-0.39, 0.29) is 5.91 Å². The smallest absolute Gasteiger partial charge is 0.238 e. The van der Waals surface area contributed by atoms with Crippen LogP contribution >= 0.6 is 0 Å². The van der Waals surface area contributed by atoms with E-state index in [1.165, 1.54) is 5.56 Å². The molecular weight excluding hydrogens is 214 g/mol. The predicted octanol–water partition coefficient (Wildman–Crippen LogP) is 1.08. The second kappa shape index (κ2) is 7.04. The molecule has 0 unspecified atom stereocenters. The van der Waals surface area contributed by atoms with Gasteiger partial charge in [-0.15, -0.1) is 0 Å². The molecule has 0 saturated carbocycles. The molecule has 1 aromatic rings. The Morgan fingerprint density at radius 3 is 2.53 bits per heavy atom. The van der Waals surface area contributed by atoms with E-state index in [1.807, 2.05) is 36.2 Å². The molecule has 0 radical (unpaired) electrons. The molecule has 17 heavy (non-hydrogen) atoms. The van der Waals surface area contributed by atoms with Crippen LogP contribution in [0, 0.1) is 0 Å². The Labute approximate surface area is 103 Å². The minimum atomic E-state index is -0.00908. The van der Waals surface area contributed by atoms with Crippen LogP contribution in [0.2, 0.25) is 0 Å². The maximum atomic E-state index is 11.7. The second-order valence-electron chi connectivity index (χ2n) is 4.13. The van der Waals surface area contributed by atoms with Crippen LogP contribution in [0.3, 0.4) is 0 Å². The van der Waals surface area contributed by atoms with Gasteiger partial charge >= 0.3 is 0 Å². The number of hydrogen-bond acceptors (Lipinski definition) is 3. The molecule has 0 atom stereocenters. The van der Waals surface area contributed by atoms with Crippen molar-refractivity contribution in [3.8, 4) is 0 Å². The number of carbonyl (C=O) groups excluding carboxylic acids is 1. The first-order valence-electron chi connectivity index (χ1n) is 5.93. The molecule has 0 bridgehead atoms. The standard InChI is InChI=1S/C13H21N3O/c1-3-11-4-6-12(7-5-11)15-13(17)10-16(2)9-8-14/h4-7H,3,8-10,14H2,1-2H3,(H,15,17). The van der Waals surface area contributed by atoms with Crippen LogP contribution < -0.4 is 11.1 Å². The zero-order chi connectivity index (χ0) is 12.7. The first-order chi connectivity index (χ1) is 8.15. The summed E-state index contributed by atoms with van der Waals surface area (Å²) in [5.74, 6) is -0.00908. The highest BCUT2D eigenvalue weighted by atomic mass is 16.2. The number of amides is 1. The molecule has 0 fully saturated rings. The summed E-state index contributed by atoms with van der Waals surface area (Å²) in [5.41, 5.74) is 7.52. The first kappa shape index (κ1) is 13.7. The fourth-order valence-corrected chi connectivity index (χ4v) is 1.57. The Hall–Kier alpha value is -1.39. The van der Waals surface area contributed by atoms with Crippen molar-refractivity contribution in [1.82, 2.24) is 4.90 Å². The highest BCUT2D eigenvalue weighted by Gasteiger charge is 2.05. The van der Waals surface area contributed by atoms with E-state index in [0.29, 0.717) is 13.1 Å². The van der Waals surface area contributed by atoms with Gasteiger partial charge in [0.05, 0.1) is 6.54 Å². The Morgan fingerprint density at radius 2 is 2.00 bits per heavy atom. The molecule has 0 aliphatic heterocycles. The van der Waals surface area contributed by atoms with Crippen LogP contribution in [0.4, 0.5) is 5.69 Å². The normalized spacial score (nSPS) is 10.6. The summed E-state index contributed by atoms with van der Waals surface area (Å²) in [6, 6.07) is 7.91.